The molecule has 48 valence electrons. The van der Waals surface area contributed by atoms with Gasteiger partial charge in [-0.15, -0.1) is 0 Å². The Morgan fingerprint density at radius 2 is 2.25 bits per heavy atom. The fraction of sp³-hybridized carbons (Fsp3) is 0.600. The van der Waals surface area contributed by atoms with Crippen LogP contribution in [-0.2, 0) is 0 Å². The average molecular weight is 244 g/mol. The molecule has 0 rings (SSSR count). The molecule has 0 aliphatic carbocycles. The van der Waals surface area contributed by atoms with E-state index in [1.165, 1.54) is 4.47 Å². The molecular formula is C5H10OSe2. The van der Waals surface area contributed by atoms with Crippen molar-refractivity contribution in [1.29, 1.82) is 0 Å². The standard InChI is InChI=1S/C5H10OSe2/c1-7-4-5(3-6)8-2/h4,6H,3H2,1-2H3/b5-4-. The van der Waals surface area contributed by atoms with Crippen molar-refractivity contribution in [2.24, 2.45) is 0 Å². The number of rotatable bonds is 3. The summed E-state index contributed by atoms with van der Waals surface area (Å²) in [7, 11) is 0. The molecule has 0 aliphatic rings. The molecule has 0 amide bonds. The van der Waals surface area contributed by atoms with Crippen molar-refractivity contribution >= 4 is 29.9 Å². The zero-order valence-corrected chi connectivity index (χ0v) is 8.47. The molecule has 0 spiro atoms. The summed E-state index contributed by atoms with van der Waals surface area (Å²) >= 11 is 1.11. The van der Waals surface area contributed by atoms with Crippen molar-refractivity contribution in [3.63, 3.8) is 0 Å². The van der Waals surface area contributed by atoms with Gasteiger partial charge >= 0.3 is 62.7 Å². The molecule has 0 aliphatic heterocycles. The number of aliphatic hydroxyl groups is 1. The molecule has 0 aromatic rings. The van der Waals surface area contributed by atoms with Crippen molar-refractivity contribution in [2.75, 3.05) is 6.61 Å². The predicted molar refractivity (Wildman–Crippen MR) is 38.4 cm³/mol. The normalized spacial score (nSPS) is 12.1. The molecule has 0 unspecified atom stereocenters. The van der Waals surface area contributed by atoms with E-state index in [-0.39, 0.29) is 6.61 Å². The van der Waals surface area contributed by atoms with Crippen LogP contribution in [0.2, 0.25) is 11.6 Å². The maximum atomic E-state index is 8.61. The third-order valence-corrected chi connectivity index (χ3v) is 4.13. The van der Waals surface area contributed by atoms with E-state index >= 15 is 0 Å². The Labute approximate surface area is 62.9 Å². The Morgan fingerprint density at radius 1 is 1.62 bits per heavy atom. The molecule has 0 heterocycles. The van der Waals surface area contributed by atoms with Crippen LogP contribution < -0.4 is 0 Å². The summed E-state index contributed by atoms with van der Waals surface area (Å²) in [5.41, 5.74) is 0. The van der Waals surface area contributed by atoms with Crippen molar-refractivity contribution < 1.29 is 5.11 Å². The summed E-state index contributed by atoms with van der Waals surface area (Å²) in [5, 5.41) is 8.61. The van der Waals surface area contributed by atoms with E-state index in [0.29, 0.717) is 29.9 Å². The molecule has 0 atom stereocenters. The van der Waals surface area contributed by atoms with Crippen molar-refractivity contribution in [2.45, 2.75) is 11.6 Å². The van der Waals surface area contributed by atoms with E-state index in [1.54, 1.807) is 0 Å². The third kappa shape index (κ3) is 3.71. The van der Waals surface area contributed by atoms with Gasteiger partial charge in [0.05, 0.1) is 0 Å². The van der Waals surface area contributed by atoms with Gasteiger partial charge in [-0.1, -0.05) is 0 Å². The average Bonchev–Trinajstić information content (AvgIpc) is 1.83. The van der Waals surface area contributed by atoms with Gasteiger partial charge in [-0.2, -0.15) is 0 Å². The molecule has 1 N–H and O–H groups in total. The van der Waals surface area contributed by atoms with Gasteiger partial charge in [0.25, 0.3) is 0 Å². The first-order valence-electron chi connectivity index (χ1n) is 2.21. The maximum absolute atomic E-state index is 8.61. The van der Waals surface area contributed by atoms with Gasteiger partial charge in [0.15, 0.2) is 0 Å². The van der Waals surface area contributed by atoms with Crippen LogP contribution in [0.25, 0.3) is 0 Å². The SMILES string of the molecule is C[Se]/C=C(/CO)[Se]C. The molecule has 1 nitrogen and oxygen atoms in total. The first kappa shape index (κ1) is 8.74. The fourth-order valence-corrected chi connectivity index (χ4v) is 3.56. The van der Waals surface area contributed by atoms with Crippen LogP contribution in [0.4, 0.5) is 0 Å². The number of aliphatic hydroxyl groups excluding tert-OH is 1. The van der Waals surface area contributed by atoms with Gasteiger partial charge in [0, 0.05) is 0 Å². The van der Waals surface area contributed by atoms with E-state index in [0.717, 1.165) is 0 Å². The zero-order chi connectivity index (χ0) is 6.41. The van der Waals surface area contributed by atoms with E-state index in [2.05, 4.69) is 16.6 Å². The summed E-state index contributed by atoms with van der Waals surface area (Å²) in [5.74, 6) is 4.27. The number of hydrogen-bond donors (Lipinski definition) is 1. The van der Waals surface area contributed by atoms with Crippen LogP contribution in [0.5, 0.6) is 0 Å². The van der Waals surface area contributed by atoms with E-state index in [9.17, 15) is 0 Å². The summed E-state index contributed by atoms with van der Waals surface area (Å²) in [6, 6.07) is 0. The zero-order valence-electron chi connectivity index (χ0n) is 5.05. The van der Waals surface area contributed by atoms with Crippen LogP contribution in [0.15, 0.2) is 9.45 Å². The molecule has 0 saturated carbocycles. The fourth-order valence-electron chi connectivity index (χ4n) is 0.281. The van der Waals surface area contributed by atoms with Crippen molar-refractivity contribution in [1.82, 2.24) is 0 Å². The van der Waals surface area contributed by atoms with E-state index in [4.69, 9.17) is 5.11 Å². The Balaban J connectivity index is 3.49. The predicted octanol–water partition coefficient (Wildman–Crippen LogP) is 0.325. The summed E-state index contributed by atoms with van der Waals surface area (Å²) in [4.78, 5) is 2.16. The van der Waals surface area contributed by atoms with Gasteiger partial charge in [-0.05, 0) is 0 Å². The van der Waals surface area contributed by atoms with E-state index in [1.807, 2.05) is 0 Å². The van der Waals surface area contributed by atoms with Gasteiger partial charge in [0.2, 0.25) is 0 Å². The molecular weight excluding hydrogens is 234 g/mol. The molecule has 3 heteroatoms. The first-order chi connectivity index (χ1) is 3.85. The summed E-state index contributed by atoms with van der Waals surface area (Å²) in [6.45, 7) is 0.270. The molecule has 0 bridgehead atoms. The third-order valence-electron chi connectivity index (χ3n) is 0.667. The summed E-state index contributed by atoms with van der Waals surface area (Å²) in [6.07, 6.45) is 0. The van der Waals surface area contributed by atoms with E-state index < -0.39 is 0 Å². The molecule has 0 radical (unpaired) electrons. The monoisotopic (exact) mass is 246 g/mol. The van der Waals surface area contributed by atoms with Gasteiger partial charge < -0.3 is 0 Å². The van der Waals surface area contributed by atoms with Crippen LogP contribution >= 0.6 is 0 Å². The van der Waals surface area contributed by atoms with Crippen LogP contribution in [0.1, 0.15) is 0 Å². The molecule has 0 saturated heterocycles. The first-order valence-corrected chi connectivity index (χ1v) is 7.49. The van der Waals surface area contributed by atoms with Crippen molar-refractivity contribution in [3.05, 3.63) is 9.45 Å². The molecule has 0 aromatic heterocycles. The Kier molecular flexibility index (Phi) is 6.41. The minimum atomic E-state index is 0.270. The second kappa shape index (κ2) is 5.87. The molecule has 0 aromatic carbocycles. The van der Waals surface area contributed by atoms with Gasteiger partial charge in [0.1, 0.15) is 0 Å². The van der Waals surface area contributed by atoms with Gasteiger partial charge in [-0.25, -0.2) is 0 Å². The quantitative estimate of drug-likeness (QED) is 0.709. The second-order valence-electron chi connectivity index (χ2n) is 1.18. The topological polar surface area (TPSA) is 20.2 Å². The number of hydrogen-bond acceptors (Lipinski definition) is 1. The van der Waals surface area contributed by atoms with Crippen LogP contribution in [0, 0.1) is 0 Å². The second-order valence-corrected chi connectivity index (χ2v) is 4.62. The van der Waals surface area contributed by atoms with Crippen LogP contribution in [0.3, 0.4) is 0 Å². The molecule has 0 fully saturated rings. The Hall–Kier alpha value is 0.739. The Bertz CT molecular complexity index is 74.5. The van der Waals surface area contributed by atoms with Crippen LogP contribution in [-0.4, -0.2) is 41.6 Å². The van der Waals surface area contributed by atoms with Crippen molar-refractivity contribution in [3.8, 4) is 0 Å². The molecule has 8 heavy (non-hydrogen) atoms. The minimum absolute atomic E-state index is 0.270. The summed E-state index contributed by atoms with van der Waals surface area (Å²) < 4.78 is 1.24. The van der Waals surface area contributed by atoms with Gasteiger partial charge in [-0.3, -0.25) is 0 Å². The Morgan fingerprint density at radius 3 is 2.38 bits per heavy atom.